The van der Waals surface area contributed by atoms with Gasteiger partial charge < -0.3 is 29.0 Å². The number of benzene rings is 1. The molecule has 0 aromatic heterocycles. The van der Waals surface area contributed by atoms with E-state index in [-0.39, 0.29) is 11.1 Å². The number of esters is 4. The Morgan fingerprint density at radius 2 is 1.47 bits per heavy atom. The molecule has 0 aliphatic carbocycles. The van der Waals surface area contributed by atoms with Crippen LogP contribution in [-0.2, 0) is 42.9 Å². The van der Waals surface area contributed by atoms with Gasteiger partial charge >= 0.3 is 23.9 Å². The van der Waals surface area contributed by atoms with Crippen molar-refractivity contribution in [1.29, 1.82) is 0 Å². The maximum atomic E-state index is 13.0. The number of amides is 1. The molecule has 12 nitrogen and oxygen atoms in total. The predicted octanol–water partition coefficient (Wildman–Crippen LogP) is 0.312. The summed E-state index contributed by atoms with van der Waals surface area (Å²) < 4.78 is 26.5. The lowest BCUT2D eigenvalue weighted by molar-refractivity contribution is -0.270. The van der Waals surface area contributed by atoms with E-state index in [0.717, 1.165) is 27.7 Å². The van der Waals surface area contributed by atoms with Crippen LogP contribution in [0.15, 0.2) is 24.3 Å². The monoisotopic (exact) mass is 479 g/mol. The molecule has 1 saturated heterocycles. The molecule has 2 rings (SSSR count). The molecule has 34 heavy (non-hydrogen) atoms. The number of carbonyl (C=O) groups is 6. The molecule has 0 spiro atoms. The molecule has 1 aliphatic rings. The van der Waals surface area contributed by atoms with Crippen molar-refractivity contribution in [3.63, 3.8) is 0 Å². The normalized spacial score (nSPS) is 23.7. The molecule has 1 heterocycles. The van der Waals surface area contributed by atoms with Crippen LogP contribution >= 0.6 is 0 Å². The van der Waals surface area contributed by atoms with Crippen LogP contribution in [0.4, 0.5) is 0 Å². The van der Waals surface area contributed by atoms with Gasteiger partial charge in [-0.15, -0.1) is 0 Å². The summed E-state index contributed by atoms with van der Waals surface area (Å²) in [6, 6.07) is 4.53. The fraction of sp³-hybridized carbons (Fsp3) is 0.455. The number of aldehydes is 1. The van der Waals surface area contributed by atoms with E-state index in [1.165, 1.54) is 18.2 Å². The van der Waals surface area contributed by atoms with E-state index in [4.69, 9.17) is 23.7 Å². The smallest absolute Gasteiger partial charge is 0.305 e. The van der Waals surface area contributed by atoms with Crippen LogP contribution in [0.25, 0.3) is 0 Å². The first-order valence-electron chi connectivity index (χ1n) is 10.2. The van der Waals surface area contributed by atoms with Gasteiger partial charge in [0.25, 0.3) is 5.91 Å². The van der Waals surface area contributed by atoms with Gasteiger partial charge in [-0.25, -0.2) is 0 Å². The largest absolute Gasteiger partial charge is 0.463 e. The number of nitrogens with one attached hydrogen (secondary N) is 1. The highest BCUT2D eigenvalue weighted by Gasteiger charge is 2.52. The van der Waals surface area contributed by atoms with Crippen molar-refractivity contribution in [2.24, 2.45) is 0 Å². The van der Waals surface area contributed by atoms with Gasteiger partial charge in [0.05, 0.1) is 0 Å². The van der Waals surface area contributed by atoms with E-state index < -0.39 is 67.0 Å². The number of carbonyl (C=O) groups excluding carboxylic acids is 6. The topological polar surface area (TPSA) is 161 Å². The molecule has 1 fully saturated rings. The summed E-state index contributed by atoms with van der Waals surface area (Å²) in [4.78, 5) is 71.1. The molecule has 1 amide bonds. The number of hydrogen-bond acceptors (Lipinski definition) is 11. The van der Waals surface area contributed by atoms with E-state index in [9.17, 15) is 28.8 Å². The quantitative estimate of drug-likeness (QED) is 0.310. The molecule has 184 valence electrons. The molecular weight excluding hydrogens is 454 g/mol. The second-order valence-electron chi connectivity index (χ2n) is 7.31. The average Bonchev–Trinajstić information content (AvgIpc) is 2.75. The van der Waals surface area contributed by atoms with Crippen molar-refractivity contribution >= 4 is 36.1 Å². The Kier molecular flexibility index (Phi) is 9.25. The highest BCUT2D eigenvalue weighted by Crippen LogP contribution is 2.28. The van der Waals surface area contributed by atoms with Crippen molar-refractivity contribution in [2.75, 3.05) is 6.61 Å². The molecule has 1 aliphatic heterocycles. The number of rotatable bonds is 8. The van der Waals surface area contributed by atoms with E-state index >= 15 is 0 Å². The van der Waals surface area contributed by atoms with Gasteiger partial charge in [0.2, 0.25) is 6.29 Å². The minimum atomic E-state index is -1.53. The van der Waals surface area contributed by atoms with Gasteiger partial charge in [0.1, 0.15) is 18.8 Å². The second-order valence-corrected chi connectivity index (χ2v) is 7.31. The zero-order chi connectivity index (χ0) is 25.4. The van der Waals surface area contributed by atoms with Crippen molar-refractivity contribution in [1.82, 2.24) is 5.32 Å². The van der Waals surface area contributed by atoms with Crippen molar-refractivity contribution in [2.45, 2.75) is 58.3 Å². The van der Waals surface area contributed by atoms with Gasteiger partial charge in [-0.05, 0) is 6.07 Å². The minimum Gasteiger partial charge on any atom is -0.463 e. The lowest BCUT2D eigenvalue weighted by atomic mass is 9.95. The Bertz CT molecular complexity index is 960. The molecule has 12 heteroatoms. The summed E-state index contributed by atoms with van der Waals surface area (Å²) in [7, 11) is 0. The molecule has 0 bridgehead atoms. The highest BCUT2D eigenvalue weighted by molar-refractivity contribution is 6.01. The Hall–Kier alpha value is -3.80. The fourth-order valence-corrected chi connectivity index (χ4v) is 3.36. The van der Waals surface area contributed by atoms with Crippen LogP contribution in [0.1, 0.15) is 48.4 Å². The highest BCUT2D eigenvalue weighted by atomic mass is 16.7. The lowest BCUT2D eigenvalue weighted by Crippen LogP contribution is -2.67. The Morgan fingerprint density at radius 1 is 0.882 bits per heavy atom. The van der Waals surface area contributed by atoms with E-state index in [1.54, 1.807) is 6.07 Å². The predicted molar refractivity (Wildman–Crippen MR) is 111 cm³/mol. The molecule has 1 aromatic rings. The Labute approximate surface area is 194 Å². The molecule has 0 saturated carbocycles. The summed E-state index contributed by atoms with van der Waals surface area (Å²) in [5.41, 5.74) is 0.0702. The third kappa shape index (κ3) is 7.10. The first-order chi connectivity index (χ1) is 16.0. The standard InChI is InChI=1S/C22H25NO11/c1-11(25)30-10-17-19(31-12(2)26)20(32-13(3)27)18(22(34-17)33-14(4)28)23-21(29)16-8-6-5-7-15(16)9-24/h5-9,17-20,22H,10H2,1-4H3,(H,23,29)/t17-,18-,19-,20-,22-/m1/s1. The molecule has 1 N–H and O–H groups in total. The van der Waals surface area contributed by atoms with Crippen molar-refractivity contribution in [3.05, 3.63) is 35.4 Å². The zero-order valence-electron chi connectivity index (χ0n) is 19.0. The van der Waals surface area contributed by atoms with Crippen LogP contribution in [0.5, 0.6) is 0 Å². The Balaban J connectivity index is 2.49. The van der Waals surface area contributed by atoms with E-state index in [0.29, 0.717) is 6.29 Å². The molecular formula is C22H25NO11. The number of hydrogen-bond donors (Lipinski definition) is 1. The molecule has 0 unspecified atom stereocenters. The third-order valence-corrected chi connectivity index (χ3v) is 4.61. The van der Waals surface area contributed by atoms with Crippen molar-refractivity contribution < 1.29 is 52.5 Å². The van der Waals surface area contributed by atoms with E-state index in [1.807, 2.05) is 0 Å². The summed E-state index contributed by atoms with van der Waals surface area (Å²) in [6.07, 6.45) is -5.01. The fourth-order valence-electron chi connectivity index (χ4n) is 3.36. The zero-order valence-corrected chi connectivity index (χ0v) is 19.0. The molecule has 5 atom stereocenters. The summed E-state index contributed by atoms with van der Waals surface area (Å²) >= 11 is 0. The molecule has 0 radical (unpaired) electrons. The van der Waals surface area contributed by atoms with Crippen LogP contribution in [-0.4, -0.2) is 73.3 Å². The van der Waals surface area contributed by atoms with Crippen LogP contribution in [0.3, 0.4) is 0 Å². The van der Waals surface area contributed by atoms with Gasteiger partial charge in [0, 0.05) is 38.8 Å². The second kappa shape index (κ2) is 11.9. The minimum absolute atomic E-state index is 0.00766. The lowest BCUT2D eigenvalue weighted by Gasteiger charge is -2.44. The summed E-state index contributed by atoms with van der Waals surface area (Å²) in [5.74, 6) is -3.81. The molecule has 1 aromatic carbocycles. The van der Waals surface area contributed by atoms with Gasteiger partial charge in [-0.3, -0.25) is 28.8 Å². The average molecular weight is 479 g/mol. The first kappa shape index (κ1) is 26.5. The number of ether oxygens (including phenoxy) is 5. The summed E-state index contributed by atoms with van der Waals surface area (Å²) in [5, 5.41) is 2.53. The SMILES string of the molecule is CC(=O)OC[C@H]1O[C@@H](OC(C)=O)[C@H](NC(=O)c2ccccc2C=O)[C@@H](OC(C)=O)[C@@H]1OC(C)=O. The van der Waals surface area contributed by atoms with Crippen LogP contribution in [0.2, 0.25) is 0 Å². The maximum absolute atomic E-state index is 13.0. The van der Waals surface area contributed by atoms with Gasteiger partial charge in [0.15, 0.2) is 18.5 Å². The van der Waals surface area contributed by atoms with Crippen LogP contribution < -0.4 is 5.32 Å². The van der Waals surface area contributed by atoms with Gasteiger partial charge in [-0.1, -0.05) is 18.2 Å². The third-order valence-electron chi connectivity index (χ3n) is 4.61. The van der Waals surface area contributed by atoms with E-state index in [2.05, 4.69) is 5.32 Å². The Morgan fingerprint density at radius 3 is 2.03 bits per heavy atom. The van der Waals surface area contributed by atoms with Crippen molar-refractivity contribution in [3.8, 4) is 0 Å². The van der Waals surface area contributed by atoms with Crippen LogP contribution in [0, 0.1) is 0 Å². The maximum Gasteiger partial charge on any atom is 0.305 e. The first-order valence-corrected chi connectivity index (χ1v) is 10.2. The van der Waals surface area contributed by atoms with Gasteiger partial charge in [-0.2, -0.15) is 0 Å². The summed E-state index contributed by atoms with van der Waals surface area (Å²) in [6.45, 7) is 3.98.